The number of hydrogen-bond donors (Lipinski definition) is 0. The lowest BCUT2D eigenvalue weighted by atomic mass is 10.8. The molecule has 0 spiro atoms. The molecule has 1 radical (unpaired) electrons. The van der Waals surface area contributed by atoms with Gasteiger partial charge in [0.25, 0.3) is 0 Å². The average Bonchev–Trinajstić information content (AvgIpc) is 1.88. The number of carbonyl (C=O) groups is 1. The zero-order chi connectivity index (χ0) is 7.98. The van der Waals surface area contributed by atoms with Gasteiger partial charge in [-0.15, -0.1) is 0 Å². The van der Waals surface area contributed by atoms with E-state index >= 15 is 0 Å². The molecule has 5 heteroatoms. The summed E-state index contributed by atoms with van der Waals surface area (Å²) >= 11 is 0. The molecule has 0 aromatic carbocycles. The van der Waals surface area contributed by atoms with Gasteiger partial charge in [-0.1, -0.05) is 0 Å². The summed E-state index contributed by atoms with van der Waals surface area (Å²) in [5.41, 5.74) is 0. The highest BCUT2D eigenvalue weighted by Gasteiger charge is 2.08. The van der Waals surface area contributed by atoms with Crippen LogP contribution >= 0.6 is 0 Å². The molecule has 0 amide bonds. The fourth-order valence-corrected chi connectivity index (χ4v) is 0.275. The normalized spacial score (nSPS) is 11.4. The second-order valence-electron chi connectivity index (χ2n) is 1.34. The summed E-state index contributed by atoms with van der Waals surface area (Å²) in [5, 5.41) is 0. The molecule has 1 atom stereocenters. The molecule has 0 aromatic heterocycles. The van der Waals surface area contributed by atoms with Crippen LogP contribution in [0.1, 0.15) is 6.92 Å². The largest absolute Gasteiger partial charge is 0.511 e. The lowest BCUT2D eigenvalue weighted by molar-refractivity contribution is -0.0550. The van der Waals surface area contributed by atoms with E-state index in [4.69, 9.17) is 0 Å². The number of hydrogen-bond acceptors (Lipinski definition) is 5. The molecule has 0 fully saturated rings. The van der Waals surface area contributed by atoms with Crippen LogP contribution in [-0.2, 0) is 19.0 Å². The van der Waals surface area contributed by atoms with Gasteiger partial charge < -0.3 is 14.2 Å². The Bertz CT molecular complexity index is 121. The first-order valence-corrected chi connectivity index (χ1v) is 2.48. The summed E-state index contributed by atoms with van der Waals surface area (Å²) < 4.78 is 12.5. The highest BCUT2D eigenvalue weighted by molar-refractivity contribution is 5.59. The van der Waals surface area contributed by atoms with Crippen LogP contribution in [0.25, 0.3) is 0 Å². The van der Waals surface area contributed by atoms with Crippen molar-refractivity contribution >= 4 is 12.6 Å². The third-order valence-corrected chi connectivity index (χ3v) is 0.643. The molecule has 5 nitrogen and oxygen atoms in total. The Morgan fingerprint density at radius 1 is 1.60 bits per heavy atom. The van der Waals surface area contributed by atoms with E-state index in [1.165, 1.54) is 6.92 Å². The van der Waals surface area contributed by atoms with Gasteiger partial charge in [-0.3, -0.25) is 0 Å². The Morgan fingerprint density at radius 2 is 2.20 bits per heavy atom. The van der Waals surface area contributed by atoms with Crippen LogP contribution in [0.5, 0.6) is 0 Å². The first-order valence-electron chi connectivity index (χ1n) is 2.48. The molecular formula is C5H7O5. The van der Waals surface area contributed by atoms with Crippen molar-refractivity contribution in [3.8, 4) is 0 Å². The lowest BCUT2D eigenvalue weighted by Gasteiger charge is -2.07. The average molecular weight is 147 g/mol. The van der Waals surface area contributed by atoms with Gasteiger partial charge in [-0.05, 0) is 0 Å². The fraction of sp³-hybridized carbons (Fsp3) is 0.600. The Labute approximate surface area is 57.9 Å². The zero-order valence-corrected chi connectivity index (χ0v) is 5.62. The minimum absolute atomic E-state index is 0.900. The van der Waals surface area contributed by atoms with E-state index in [1.54, 1.807) is 0 Å². The van der Waals surface area contributed by atoms with Gasteiger partial charge in [0.1, 0.15) is 0 Å². The van der Waals surface area contributed by atoms with Crippen LogP contribution in [0.2, 0.25) is 0 Å². The second kappa shape index (κ2) is 4.60. The molecule has 0 heterocycles. The fourth-order valence-electron chi connectivity index (χ4n) is 0.275. The van der Waals surface area contributed by atoms with Crippen molar-refractivity contribution in [2.75, 3.05) is 7.11 Å². The van der Waals surface area contributed by atoms with Gasteiger partial charge >= 0.3 is 12.6 Å². The maximum Gasteiger partial charge on any atom is 0.511 e. The summed E-state index contributed by atoms with van der Waals surface area (Å²) in [5.74, 6) is 0. The summed E-state index contributed by atoms with van der Waals surface area (Å²) in [7, 11) is 1.15. The molecule has 0 rings (SSSR count). The van der Waals surface area contributed by atoms with E-state index in [9.17, 15) is 9.59 Å². The molecule has 0 bridgehead atoms. The van der Waals surface area contributed by atoms with Crippen molar-refractivity contribution < 1.29 is 23.8 Å². The van der Waals surface area contributed by atoms with Crippen LogP contribution in [-0.4, -0.2) is 26.0 Å². The number of carbonyl (C=O) groups excluding carboxylic acids is 2. The molecule has 1 unspecified atom stereocenters. The molecule has 57 valence electrons. The highest BCUT2D eigenvalue weighted by Crippen LogP contribution is 1.92. The van der Waals surface area contributed by atoms with E-state index in [1.807, 2.05) is 0 Å². The van der Waals surface area contributed by atoms with Crippen molar-refractivity contribution in [2.45, 2.75) is 13.2 Å². The minimum atomic E-state index is -0.954. The summed E-state index contributed by atoms with van der Waals surface area (Å²) in [6.45, 7) is 2.48. The van der Waals surface area contributed by atoms with Crippen molar-refractivity contribution in [3.63, 3.8) is 0 Å². The quantitative estimate of drug-likeness (QED) is 0.421. The molecule has 0 saturated heterocycles. The van der Waals surface area contributed by atoms with E-state index in [-0.39, 0.29) is 0 Å². The third kappa shape index (κ3) is 3.71. The number of ether oxygens (including phenoxy) is 3. The zero-order valence-electron chi connectivity index (χ0n) is 5.62. The topological polar surface area (TPSA) is 61.8 Å². The van der Waals surface area contributed by atoms with Gasteiger partial charge in [0, 0.05) is 6.92 Å². The SMILES string of the molecule is COC(=O)OC(C)O[C]=O. The first kappa shape index (κ1) is 8.74. The van der Waals surface area contributed by atoms with E-state index < -0.39 is 12.4 Å². The third-order valence-electron chi connectivity index (χ3n) is 0.643. The predicted octanol–water partition coefficient (Wildman–Crippen LogP) is 0.199. The van der Waals surface area contributed by atoms with Gasteiger partial charge in [0.2, 0.25) is 6.29 Å². The maximum atomic E-state index is 10.2. The molecule has 10 heavy (non-hydrogen) atoms. The Hall–Kier alpha value is -1.26. The molecule has 0 aliphatic heterocycles. The van der Waals surface area contributed by atoms with Crippen LogP contribution < -0.4 is 0 Å². The number of rotatable bonds is 3. The van der Waals surface area contributed by atoms with Crippen LogP contribution in [0.3, 0.4) is 0 Å². The van der Waals surface area contributed by atoms with E-state index in [0.29, 0.717) is 0 Å². The van der Waals surface area contributed by atoms with Crippen LogP contribution in [0.4, 0.5) is 4.79 Å². The van der Waals surface area contributed by atoms with Crippen molar-refractivity contribution in [1.82, 2.24) is 0 Å². The Kier molecular flexibility index (Phi) is 4.02. The maximum absolute atomic E-state index is 10.2. The van der Waals surface area contributed by atoms with Crippen molar-refractivity contribution in [3.05, 3.63) is 0 Å². The molecule has 0 N–H and O–H groups in total. The molecule has 0 aliphatic rings. The Balaban J connectivity index is 3.46. The highest BCUT2D eigenvalue weighted by atomic mass is 16.8. The van der Waals surface area contributed by atoms with Gasteiger partial charge in [0.15, 0.2) is 0 Å². The summed E-state index contributed by atoms with van der Waals surface area (Å²) in [6.07, 6.45) is -1.85. The predicted molar refractivity (Wildman–Crippen MR) is 29.7 cm³/mol. The van der Waals surface area contributed by atoms with E-state index in [0.717, 1.165) is 13.6 Å². The summed E-state index contributed by atoms with van der Waals surface area (Å²) in [4.78, 5) is 19.7. The molecule has 0 aliphatic carbocycles. The van der Waals surface area contributed by atoms with Crippen molar-refractivity contribution in [2.24, 2.45) is 0 Å². The first-order chi connectivity index (χ1) is 4.70. The minimum Gasteiger partial charge on any atom is -0.438 e. The lowest BCUT2D eigenvalue weighted by Crippen LogP contribution is -2.17. The molecular weight excluding hydrogens is 140 g/mol. The smallest absolute Gasteiger partial charge is 0.438 e. The molecule has 0 aromatic rings. The van der Waals surface area contributed by atoms with Crippen molar-refractivity contribution in [1.29, 1.82) is 0 Å². The van der Waals surface area contributed by atoms with Crippen LogP contribution in [0.15, 0.2) is 0 Å². The van der Waals surface area contributed by atoms with Gasteiger partial charge in [0.05, 0.1) is 7.11 Å². The van der Waals surface area contributed by atoms with Crippen LogP contribution in [0, 0.1) is 0 Å². The standard InChI is InChI=1S/C5H7O5/c1-4(9-3-6)10-5(7)8-2/h4H,1-2H3. The Morgan fingerprint density at radius 3 is 2.60 bits per heavy atom. The monoisotopic (exact) mass is 147 g/mol. The second-order valence-corrected chi connectivity index (χ2v) is 1.34. The van der Waals surface area contributed by atoms with E-state index in [2.05, 4.69) is 14.2 Å². The summed E-state index contributed by atoms with van der Waals surface area (Å²) in [6, 6.07) is 0. The van der Waals surface area contributed by atoms with Gasteiger partial charge in [-0.25, -0.2) is 9.59 Å². The molecule has 0 saturated carbocycles. The van der Waals surface area contributed by atoms with Gasteiger partial charge in [-0.2, -0.15) is 0 Å². The number of methoxy groups -OCH3 is 1.